The number of thiophene rings is 1. The van der Waals surface area contributed by atoms with E-state index >= 15 is 0 Å². The van der Waals surface area contributed by atoms with Gasteiger partial charge in [-0.05, 0) is 53.9 Å². The molecular formula is C24H14S. The minimum Gasteiger partial charge on any atom is -0.127 e. The Labute approximate surface area is 151 Å². The summed E-state index contributed by atoms with van der Waals surface area (Å²) < 4.78 is 1.28. The van der Waals surface area contributed by atoms with E-state index in [0.29, 0.717) is 0 Å². The van der Waals surface area contributed by atoms with Crippen LogP contribution in [0.3, 0.4) is 0 Å². The summed E-state index contributed by atoms with van der Waals surface area (Å²) in [7, 11) is 0. The lowest BCUT2D eigenvalue weighted by Gasteiger charge is -1.92. The fourth-order valence-corrected chi connectivity index (χ4v) is 3.40. The third-order valence-corrected chi connectivity index (χ3v) is 4.80. The SMILES string of the molecule is C(#Cc1ccc(C#Cc2cc3ccccc3s2)cc1)c1ccccc1. The molecule has 0 aliphatic rings. The molecule has 4 rings (SSSR count). The van der Waals surface area contributed by atoms with E-state index in [1.165, 1.54) is 10.1 Å². The van der Waals surface area contributed by atoms with E-state index in [0.717, 1.165) is 21.6 Å². The molecule has 0 aliphatic heterocycles. The van der Waals surface area contributed by atoms with Crippen LogP contribution in [0.1, 0.15) is 21.6 Å². The van der Waals surface area contributed by atoms with Gasteiger partial charge in [0.05, 0.1) is 4.88 Å². The molecule has 0 saturated carbocycles. The molecule has 0 amide bonds. The Kier molecular flexibility index (Phi) is 4.34. The van der Waals surface area contributed by atoms with Gasteiger partial charge in [0.15, 0.2) is 0 Å². The molecule has 0 saturated heterocycles. The standard InChI is InChI=1S/C24H14S/c1-2-6-19(7-3-1)10-11-20-12-14-21(15-13-20)16-17-23-18-22-8-4-5-9-24(22)25-23/h1-9,12-15,18H. The van der Waals surface area contributed by atoms with Crippen molar-refractivity contribution in [2.24, 2.45) is 0 Å². The minimum absolute atomic E-state index is 0.997. The molecule has 1 heterocycles. The predicted octanol–water partition coefficient (Wildman–Crippen LogP) is 5.70. The highest BCUT2D eigenvalue weighted by Gasteiger charge is 1.97. The molecule has 4 aromatic rings. The topological polar surface area (TPSA) is 0 Å². The first-order valence-corrected chi connectivity index (χ1v) is 8.86. The molecule has 0 unspecified atom stereocenters. The lowest BCUT2D eigenvalue weighted by atomic mass is 10.1. The second-order valence-electron chi connectivity index (χ2n) is 5.59. The molecule has 1 heteroatoms. The molecular weight excluding hydrogens is 320 g/mol. The van der Waals surface area contributed by atoms with E-state index < -0.39 is 0 Å². The summed E-state index contributed by atoms with van der Waals surface area (Å²) >= 11 is 1.73. The van der Waals surface area contributed by atoms with Gasteiger partial charge in [0.25, 0.3) is 0 Å². The Morgan fingerprint density at radius 1 is 0.520 bits per heavy atom. The number of rotatable bonds is 0. The zero-order valence-electron chi connectivity index (χ0n) is 13.5. The highest BCUT2D eigenvalue weighted by molar-refractivity contribution is 7.19. The molecule has 0 atom stereocenters. The van der Waals surface area contributed by atoms with Gasteiger partial charge in [-0.2, -0.15) is 0 Å². The molecule has 0 fully saturated rings. The van der Waals surface area contributed by atoms with Crippen molar-refractivity contribution in [2.75, 3.05) is 0 Å². The minimum atomic E-state index is 0.997. The van der Waals surface area contributed by atoms with Crippen LogP contribution in [0.15, 0.2) is 84.9 Å². The van der Waals surface area contributed by atoms with Crippen molar-refractivity contribution < 1.29 is 0 Å². The summed E-state index contributed by atoms with van der Waals surface area (Å²) in [6, 6.07) is 28.6. The summed E-state index contributed by atoms with van der Waals surface area (Å²) in [5.41, 5.74) is 3.02. The zero-order valence-corrected chi connectivity index (χ0v) is 14.3. The van der Waals surface area contributed by atoms with E-state index in [1.54, 1.807) is 11.3 Å². The van der Waals surface area contributed by atoms with Crippen LogP contribution in [0.5, 0.6) is 0 Å². The van der Waals surface area contributed by atoms with E-state index in [9.17, 15) is 0 Å². The van der Waals surface area contributed by atoms with Crippen molar-refractivity contribution in [3.63, 3.8) is 0 Å². The first kappa shape index (κ1) is 15.3. The molecule has 116 valence electrons. The third kappa shape index (κ3) is 3.81. The Balaban J connectivity index is 1.52. The molecule has 25 heavy (non-hydrogen) atoms. The van der Waals surface area contributed by atoms with Crippen LogP contribution in [0.4, 0.5) is 0 Å². The molecule has 0 bridgehead atoms. The predicted molar refractivity (Wildman–Crippen MR) is 107 cm³/mol. The van der Waals surface area contributed by atoms with Crippen LogP contribution < -0.4 is 0 Å². The number of hydrogen-bond acceptors (Lipinski definition) is 1. The van der Waals surface area contributed by atoms with Crippen molar-refractivity contribution in [1.82, 2.24) is 0 Å². The van der Waals surface area contributed by atoms with Crippen LogP contribution in [-0.2, 0) is 0 Å². The van der Waals surface area contributed by atoms with Crippen LogP contribution >= 0.6 is 11.3 Å². The van der Waals surface area contributed by atoms with Crippen molar-refractivity contribution in [1.29, 1.82) is 0 Å². The molecule has 0 aliphatic carbocycles. The highest BCUT2D eigenvalue weighted by atomic mass is 32.1. The molecule has 0 N–H and O–H groups in total. The number of hydrogen-bond donors (Lipinski definition) is 0. The lowest BCUT2D eigenvalue weighted by Crippen LogP contribution is -1.78. The van der Waals surface area contributed by atoms with E-state index in [1.807, 2.05) is 54.6 Å². The Hall–Kier alpha value is -3.26. The first-order chi connectivity index (χ1) is 12.4. The molecule has 0 spiro atoms. The molecule has 0 radical (unpaired) electrons. The van der Waals surface area contributed by atoms with Crippen molar-refractivity contribution in [3.8, 4) is 23.7 Å². The summed E-state index contributed by atoms with van der Waals surface area (Å²) in [4.78, 5) is 1.09. The fourth-order valence-electron chi connectivity index (χ4n) is 2.48. The third-order valence-electron chi connectivity index (χ3n) is 3.77. The van der Waals surface area contributed by atoms with Crippen LogP contribution in [0, 0.1) is 23.7 Å². The quantitative estimate of drug-likeness (QED) is 0.362. The Morgan fingerprint density at radius 2 is 1.08 bits per heavy atom. The average molecular weight is 334 g/mol. The van der Waals surface area contributed by atoms with Crippen LogP contribution in [-0.4, -0.2) is 0 Å². The van der Waals surface area contributed by atoms with Gasteiger partial charge in [0.1, 0.15) is 0 Å². The van der Waals surface area contributed by atoms with Gasteiger partial charge >= 0.3 is 0 Å². The van der Waals surface area contributed by atoms with Gasteiger partial charge in [-0.3, -0.25) is 0 Å². The smallest absolute Gasteiger partial charge is 0.0784 e. The average Bonchev–Trinajstić information content (AvgIpc) is 3.09. The maximum absolute atomic E-state index is 3.26. The van der Waals surface area contributed by atoms with Crippen LogP contribution in [0.2, 0.25) is 0 Å². The first-order valence-electron chi connectivity index (χ1n) is 8.04. The molecule has 0 nitrogen and oxygen atoms in total. The lowest BCUT2D eigenvalue weighted by molar-refractivity contribution is 1.59. The summed E-state index contributed by atoms with van der Waals surface area (Å²) in [5, 5.41) is 1.25. The molecule has 3 aromatic carbocycles. The summed E-state index contributed by atoms with van der Waals surface area (Å²) in [6.45, 7) is 0. The van der Waals surface area contributed by atoms with Gasteiger partial charge in [-0.25, -0.2) is 0 Å². The zero-order chi connectivity index (χ0) is 16.9. The van der Waals surface area contributed by atoms with E-state index in [2.05, 4.69) is 54.0 Å². The summed E-state index contributed by atoms with van der Waals surface area (Å²) in [5.74, 6) is 12.8. The van der Waals surface area contributed by atoms with Gasteiger partial charge in [0.2, 0.25) is 0 Å². The fraction of sp³-hybridized carbons (Fsp3) is 0. The van der Waals surface area contributed by atoms with Crippen molar-refractivity contribution in [2.45, 2.75) is 0 Å². The maximum Gasteiger partial charge on any atom is 0.0784 e. The Bertz CT molecular complexity index is 1090. The normalized spacial score (nSPS) is 9.76. The van der Waals surface area contributed by atoms with Gasteiger partial charge in [0, 0.05) is 21.4 Å². The second kappa shape index (κ2) is 7.10. The highest BCUT2D eigenvalue weighted by Crippen LogP contribution is 2.24. The number of benzene rings is 3. The van der Waals surface area contributed by atoms with Crippen LogP contribution in [0.25, 0.3) is 10.1 Å². The van der Waals surface area contributed by atoms with Crippen molar-refractivity contribution in [3.05, 3.63) is 106 Å². The second-order valence-corrected chi connectivity index (χ2v) is 6.68. The number of fused-ring (bicyclic) bond motifs is 1. The van der Waals surface area contributed by atoms with E-state index in [-0.39, 0.29) is 0 Å². The molecule has 1 aromatic heterocycles. The van der Waals surface area contributed by atoms with Crippen molar-refractivity contribution >= 4 is 21.4 Å². The monoisotopic (exact) mass is 334 g/mol. The van der Waals surface area contributed by atoms with Gasteiger partial charge in [-0.15, -0.1) is 11.3 Å². The van der Waals surface area contributed by atoms with Gasteiger partial charge < -0.3 is 0 Å². The largest absolute Gasteiger partial charge is 0.127 e. The van der Waals surface area contributed by atoms with Gasteiger partial charge in [-0.1, -0.05) is 60.1 Å². The maximum atomic E-state index is 3.26. The summed E-state index contributed by atoms with van der Waals surface area (Å²) in [6.07, 6.45) is 0. The Morgan fingerprint density at radius 3 is 1.76 bits per heavy atom. The van der Waals surface area contributed by atoms with E-state index in [4.69, 9.17) is 0 Å².